The second-order valence-corrected chi connectivity index (χ2v) is 3.71. The fourth-order valence-electron chi connectivity index (χ4n) is 1.48. The zero-order chi connectivity index (χ0) is 15.1. The second-order valence-electron chi connectivity index (χ2n) is 3.71. The number of hydrogen-bond acceptors (Lipinski definition) is 2. The summed E-state index contributed by atoms with van der Waals surface area (Å²) in [7, 11) is 1.23. The van der Waals surface area contributed by atoms with Crippen LogP contribution in [0, 0.1) is 0 Å². The highest BCUT2D eigenvalue weighted by atomic mass is 19.4. The molecular formula is C10H9F7N2. The molecule has 0 saturated carbocycles. The van der Waals surface area contributed by atoms with E-state index in [0.29, 0.717) is 12.1 Å². The van der Waals surface area contributed by atoms with Crippen LogP contribution in [0.15, 0.2) is 18.2 Å². The molecule has 0 radical (unpaired) electrons. The molecule has 0 fully saturated rings. The van der Waals surface area contributed by atoms with Gasteiger partial charge in [0.15, 0.2) is 0 Å². The molecule has 0 bridgehead atoms. The van der Waals surface area contributed by atoms with Crippen LogP contribution in [-0.4, -0.2) is 19.4 Å². The number of alkyl halides is 7. The lowest BCUT2D eigenvalue weighted by Gasteiger charge is -2.30. The van der Waals surface area contributed by atoms with Crippen LogP contribution >= 0.6 is 0 Å². The Morgan fingerprint density at radius 2 is 1.42 bits per heavy atom. The summed E-state index contributed by atoms with van der Waals surface area (Å²) in [4.78, 5) is 0. The minimum Gasteiger partial charge on any atom is -0.397 e. The van der Waals surface area contributed by atoms with E-state index in [2.05, 4.69) is 5.32 Å². The molecule has 3 N–H and O–H groups in total. The van der Waals surface area contributed by atoms with Crippen molar-refractivity contribution in [2.75, 3.05) is 18.1 Å². The number of anilines is 2. The molecule has 0 unspecified atom stereocenters. The Kier molecular flexibility index (Phi) is 3.61. The molecule has 0 atom stereocenters. The van der Waals surface area contributed by atoms with Crippen LogP contribution in [0.4, 0.5) is 42.1 Å². The summed E-state index contributed by atoms with van der Waals surface area (Å²) >= 11 is 0. The second kappa shape index (κ2) is 4.46. The van der Waals surface area contributed by atoms with Crippen molar-refractivity contribution < 1.29 is 30.7 Å². The SMILES string of the molecule is CNc1cc(C(F)(C(F)(F)F)C(F)(F)F)ccc1N. The number of benzene rings is 1. The third-order valence-electron chi connectivity index (χ3n) is 2.50. The molecule has 0 aliphatic carbocycles. The zero-order valence-electron chi connectivity index (χ0n) is 9.46. The molecular weight excluding hydrogens is 281 g/mol. The van der Waals surface area contributed by atoms with E-state index < -0.39 is 23.6 Å². The van der Waals surface area contributed by atoms with E-state index in [-0.39, 0.29) is 11.4 Å². The van der Waals surface area contributed by atoms with Gasteiger partial charge in [-0.05, 0) is 12.1 Å². The molecule has 108 valence electrons. The van der Waals surface area contributed by atoms with Crippen LogP contribution in [0.2, 0.25) is 0 Å². The highest BCUT2D eigenvalue weighted by Gasteiger charge is 2.73. The zero-order valence-corrected chi connectivity index (χ0v) is 9.46. The van der Waals surface area contributed by atoms with Crippen LogP contribution in [0.25, 0.3) is 0 Å². The van der Waals surface area contributed by atoms with Crippen molar-refractivity contribution in [2.24, 2.45) is 0 Å². The van der Waals surface area contributed by atoms with Gasteiger partial charge in [-0.25, -0.2) is 4.39 Å². The predicted octanol–water partition coefficient (Wildman–Crippen LogP) is 3.60. The predicted molar refractivity (Wildman–Crippen MR) is 55.3 cm³/mol. The molecule has 0 saturated heterocycles. The number of nitrogens with two attached hydrogens (primary N) is 1. The van der Waals surface area contributed by atoms with Crippen LogP contribution in [0.3, 0.4) is 0 Å². The monoisotopic (exact) mass is 290 g/mol. The fourth-order valence-corrected chi connectivity index (χ4v) is 1.48. The Morgan fingerprint density at radius 3 is 1.79 bits per heavy atom. The first-order chi connectivity index (χ1) is 8.45. The maximum Gasteiger partial charge on any atom is 0.435 e. The Bertz CT molecular complexity index is 450. The minimum absolute atomic E-state index is 0.0991. The molecule has 0 aromatic heterocycles. The van der Waals surface area contributed by atoms with Gasteiger partial charge in [0.2, 0.25) is 0 Å². The van der Waals surface area contributed by atoms with Crippen molar-refractivity contribution in [3.05, 3.63) is 23.8 Å². The van der Waals surface area contributed by atoms with Gasteiger partial charge in [0.05, 0.1) is 11.4 Å². The molecule has 0 heterocycles. The van der Waals surface area contributed by atoms with Gasteiger partial charge in [0.1, 0.15) is 0 Å². The summed E-state index contributed by atoms with van der Waals surface area (Å²) in [5.41, 5.74) is -2.04. The standard InChI is InChI=1S/C10H9F7N2/c1-19-7-4-5(2-3-6(7)18)8(11,9(12,13)14)10(15,16)17/h2-4,19H,18H2,1H3. The summed E-state index contributed by atoms with van der Waals surface area (Å²) in [6.07, 6.45) is -12.3. The van der Waals surface area contributed by atoms with Crippen molar-refractivity contribution in [1.82, 2.24) is 0 Å². The Labute approximate surface area is 103 Å². The lowest BCUT2D eigenvalue weighted by Crippen LogP contribution is -2.50. The highest BCUT2D eigenvalue weighted by molar-refractivity contribution is 5.67. The van der Waals surface area contributed by atoms with Gasteiger partial charge in [0.25, 0.3) is 0 Å². The quantitative estimate of drug-likeness (QED) is 0.645. The first-order valence-corrected chi connectivity index (χ1v) is 4.85. The van der Waals surface area contributed by atoms with Crippen LogP contribution < -0.4 is 11.1 Å². The van der Waals surface area contributed by atoms with Crippen LogP contribution in [0.5, 0.6) is 0 Å². The van der Waals surface area contributed by atoms with Gasteiger partial charge in [0, 0.05) is 12.6 Å². The van der Waals surface area contributed by atoms with Crippen molar-refractivity contribution in [3.63, 3.8) is 0 Å². The molecule has 1 aromatic rings. The molecule has 1 rings (SSSR count). The summed E-state index contributed by atoms with van der Waals surface area (Å²) in [5, 5.41) is 2.28. The normalized spacial score (nSPS) is 13.5. The average Bonchev–Trinajstić information content (AvgIpc) is 2.25. The summed E-state index contributed by atoms with van der Waals surface area (Å²) in [6, 6.07) is 1.51. The summed E-state index contributed by atoms with van der Waals surface area (Å²) in [6.45, 7) is 0. The van der Waals surface area contributed by atoms with Crippen LogP contribution in [-0.2, 0) is 5.67 Å². The lowest BCUT2D eigenvalue weighted by atomic mass is 9.93. The van der Waals surface area contributed by atoms with E-state index >= 15 is 0 Å². The van der Waals surface area contributed by atoms with E-state index in [4.69, 9.17) is 5.73 Å². The Balaban J connectivity index is 3.52. The number of halogens is 7. The number of nitrogens with one attached hydrogen (secondary N) is 1. The molecule has 0 aliphatic heterocycles. The first kappa shape index (κ1) is 15.4. The van der Waals surface area contributed by atoms with Crippen molar-refractivity contribution >= 4 is 11.4 Å². The third-order valence-corrected chi connectivity index (χ3v) is 2.50. The van der Waals surface area contributed by atoms with Gasteiger partial charge < -0.3 is 11.1 Å². The largest absolute Gasteiger partial charge is 0.435 e. The third kappa shape index (κ3) is 2.41. The average molecular weight is 290 g/mol. The van der Waals surface area contributed by atoms with E-state index in [9.17, 15) is 30.7 Å². The molecule has 2 nitrogen and oxygen atoms in total. The van der Waals surface area contributed by atoms with Gasteiger partial charge in [-0.1, -0.05) is 6.07 Å². The van der Waals surface area contributed by atoms with E-state index in [1.807, 2.05) is 0 Å². The molecule has 0 spiro atoms. The van der Waals surface area contributed by atoms with Crippen LogP contribution in [0.1, 0.15) is 5.56 Å². The first-order valence-electron chi connectivity index (χ1n) is 4.85. The van der Waals surface area contributed by atoms with Crippen molar-refractivity contribution in [1.29, 1.82) is 0 Å². The van der Waals surface area contributed by atoms with Gasteiger partial charge in [-0.3, -0.25) is 0 Å². The number of rotatable bonds is 2. The molecule has 0 aliphatic rings. The molecule has 9 heteroatoms. The smallest absolute Gasteiger partial charge is 0.397 e. The highest BCUT2D eigenvalue weighted by Crippen LogP contribution is 2.53. The Hall–Kier alpha value is -1.67. The maximum absolute atomic E-state index is 13.7. The fraction of sp³-hybridized carbons (Fsp3) is 0.400. The minimum atomic E-state index is -6.13. The van der Waals surface area contributed by atoms with Gasteiger partial charge in [-0.15, -0.1) is 0 Å². The van der Waals surface area contributed by atoms with E-state index in [0.717, 1.165) is 6.07 Å². The Morgan fingerprint density at radius 1 is 0.947 bits per heavy atom. The number of hydrogen-bond donors (Lipinski definition) is 2. The number of nitrogen functional groups attached to an aromatic ring is 1. The van der Waals surface area contributed by atoms with Crippen molar-refractivity contribution in [3.8, 4) is 0 Å². The molecule has 19 heavy (non-hydrogen) atoms. The van der Waals surface area contributed by atoms with E-state index in [1.54, 1.807) is 0 Å². The maximum atomic E-state index is 13.7. The molecule has 1 aromatic carbocycles. The van der Waals surface area contributed by atoms with Crippen molar-refractivity contribution in [2.45, 2.75) is 18.0 Å². The van der Waals surface area contributed by atoms with Gasteiger partial charge in [-0.2, -0.15) is 26.3 Å². The summed E-state index contributed by atoms with van der Waals surface area (Å²) in [5.74, 6) is 0. The summed E-state index contributed by atoms with van der Waals surface area (Å²) < 4.78 is 88.5. The molecule has 0 amide bonds. The lowest BCUT2D eigenvalue weighted by molar-refractivity contribution is -0.348. The van der Waals surface area contributed by atoms with E-state index in [1.165, 1.54) is 7.05 Å². The van der Waals surface area contributed by atoms with Gasteiger partial charge >= 0.3 is 18.0 Å². The topological polar surface area (TPSA) is 38.0 Å².